The van der Waals surface area contributed by atoms with Crippen LogP contribution in [0, 0.1) is 0 Å². The molecule has 1 aliphatic heterocycles. The zero-order valence-electron chi connectivity index (χ0n) is 25.5. The van der Waals surface area contributed by atoms with Gasteiger partial charge in [0.2, 0.25) is 0 Å². The normalized spacial score (nSPS) is 14.1. The number of alkyl halides is 3. The molecule has 9 nitrogen and oxygen atoms in total. The van der Waals surface area contributed by atoms with Gasteiger partial charge in [0.25, 0.3) is 5.91 Å². The minimum absolute atomic E-state index is 0.204. The standard InChI is InChI=1S/C32H35ClF3N3O6/c1-19(38-44-13-11-31(2,3)41)21-14-23(17-25(15-21)42-4)37-29(26-9-7-22(33)16-28(26)43-5)30(40)39-12-10-20-6-8-24(18-27(20)39)45-32(34,35)36/h6-9,14-18,29,37,41H,10-13H2,1-5H3/b38-19+. The molecule has 0 aromatic heterocycles. The molecule has 45 heavy (non-hydrogen) atoms. The van der Waals surface area contributed by atoms with Crippen molar-refractivity contribution in [2.45, 2.75) is 51.6 Å². The Morgan fingerprint density at radius 2 is 1.82 bits per heavy atom. The highest BCUT2D eigenvalue weighted by atomic mass is 35.5. The number of hydrogen-bond donors (Lipinski definition) is 2. The van der Waals surface area contributed by atoms with Crippen molar-refractivity contribution in [1.82, 2.24) is 0 Å². The number of oxime groups is 1. The summed E-state index contributed by atoms with van der Waals surface area (Å²) < 4.78 is 54.1. The van der Waals surface area contributed by atoms with Crippen LogP contribution >= 0.6 is 11.6 Å². The van der Waals surface area contributed by atoms with Gasteiger partial charge in [0.15, 0.2) is 0 Å². The number of carbonyl (C=O) groups is 1. The summed E-state index contributed by atoms with van der Waals surface area (Å²) in [5, 5.41) is 17.7. The first-order valence-electron chi connectivity index (χ1n) is 14.1. The van der Waals surface area contributed by atoms with Gasteiger partial charge in [-0.1, -0.05) is 28.9 Å². The maximum absolute atomic E-state index is 14.3. The number of nitrogens with one attached hydrogen (secondary N) is 1. The van der Waals surface area contributed by atoms with Gasteiger partial charge in [-0.25, -0.2) is 0 Å². The zero-order chi connectivity index (χ0) is 32.9. The molecule has 3 aromatic rings. The number of carbonyl (C=O) groups excluding carboxylic acids is 1. The van der Waals surface area contributed by atoms with Crippen LogP contribution < -0.4 is 24.4 Å². The molecule has 0 spiro atoms. The Morgan fingerprint density at radius 3 is 2.49 bits per heavy atom. The van der Waals surface area contributed by atoms with E-state index in [0.29, 0.717) is 63.1 Å². The van der Waals surface area contributed by atoms with Crippen LogP contribution in [0.3, 0.4) is 0 Å². The third-order valence-corrected chi connectivity index (χ3v) is 7.32. The highest BCUT2D eigenvalue weighted by Crippen LogP contribution is 2.38. The van der Waals surface area contributed by atoms with E-state index < -0.39 is 29.7 Å². The fourth-order valence-electron chi connectivity index (χ4n) is 4.80. The molecule has 0 saturated carbocycles. The number of halogens is 4. The van der Waals surface area contributed by atoms with Crippen molar-refractivity contribution in [3.05, 3.63) is 76.3 Å². The van der Waals surface area contributed by atoms with Crippen molar-refractivity contribution >= 4 is 34.6 Å². The molecule has 0 radical (unpaired) electrons. The van der Waals surface area contributed by atoms with Gasteiger partial charge in [0.1, 0.15) is 29.9 Å². The Morgan fingerprint density at radius 1 is 1.07 bits per heavy atom. The lowest BCUT2D eigenvalue weighted by Gasteiger charge is -2.27. The van der Waals surface area contributed by atoms with E-state index in [1.807, 2.05) is 0 Å². The maximum atomic E-state index is 14.3. The lowest BCUT2D eigenvalue weighted by molar-refractivity contribution is -0.274. The van der Waals surface area contributed by atoms with Crippen LogP contribution in [0.25, 0.3) is 0 Å². The van der Waals surface area contributed by atoms with Crippen molar-refractivity contribution in [3.8, 4) is 17.2 Å². The summed E-state index contributed by atoms with van der Waals surface area (Å²) >= 11 is 6.22. The van der Waals surface area contributed by atoms with Crippen LogP contribution in [-0.2, 0) is 16.1 Å². The summed E-state index contributed by atoms with van der Waals surface area (Å²) in [6, 6.07) is 13.0. The molecular formula is C32H35ClF3N3O6. The number of fused-ring (bicyclic) bond motifs is 1. The molecule has 2 N–H and O–H groups in total. The Hall–Kier alpha value is -4.16. The third kappa shape index (κ3) is 8.95. The summed E-state index contributed by atoms with van der Waals surface area (Å²) in [6.45, 7) is 5.55. The molecule has 1 atom stereocenters. The number of benzene rings is 3. The van der Waals surface area contributed by atoms with Crippen LogP contribution in [0.2, 0.25) is 5.02 Å². The second kappa shape index (κ2) is 13.9. The van der Waals surface area contributed by atoms with Crippen LogP contribution in [0.5, 0.6) is 17.2 Å². The molecular weight excluding hydrogens is 615 g/mol. The first kappa shape index (κ1) is 33.7. The molecule has 0 fully saturated rings. The van der Waals surface area contributed by atoms with Gasteiger partial charge < -0.3 is 34.4 Å². The Labute approximate surface area is 264 Å². The Balaban J connectivity index is 1.71. The van der Waals surface area contributed by atoms with Crippen LogP contribution in [-0.4, -0.2) is 56.1 Å². The van der Waals surface area contributed by atoms with Gasteiger partial charge in [-0.05, 0) is 63.1 Å². The number of hydrogen-bond acceptors (Lipinski definition) is 8. The molecule has 1 heterocycles. The first-order valence-corrected chi connectivity index (χ1v) is 14.4. The second-order valence-corrected chi connectivity index (χ2v) is 11.5. The smallest absolute Gasteiger partial charge is 0.497 e. The fourth-order valence-corrected chi connectivity index (χ4v) is 4.97. The molecule has 0 bridgehead atoms. The van der Waals surface area contributed by atoms with Crippen molar-refractivity contribution < 1.29 is 42.1 Å². The average molecular weight is 650 g/mol. The molecule has 4 rings (SSSR count). The van der Waals surface area contributed by atoms with Gasteiger partial charge in [0, 0.05) is 46.9 Å². The van der Waals surface area contributed by atoms with Crippen molar-refractivity contribution in [1.29, 1.82) is 0 Å². The fraction of sp³-hybridized carbons (Fsp3) is 0.375. The van der Waals surface area contributed by atoms with Gasteiger partial charge in [-0.15, -0.1) is 13.2 Å². The minimum Gasteiger partial charge on any atom is -0.497 e. The zero-order valence-corrected chi connectivity index (χ0v) is 26.3. The largest absolute Gasteiger partial charge is 0.573 e. The third-order valence-electron chi connectivity index (χ3n) is 7.08. The number of methoxy groups -OCH3 is 2. The van der Waals surface area contributed by atoms with E-state index in [0.717, 1.165) is 0 Å². The van der Waals surface area contributed by atoms with Crippen LogP contribution in [0.15, 0.2) is 59.8 Å². The molecule has 13 heteroatoms. The lowest BCUT2D eigenvalue weighted by atomic mass is 10.0. The summed E-state index contributed by atoms with van der Waals surface area (Å²) in [4.78, 5) is 21.1. The van der Waals surface area contributed by atoms with E-state index >= 15 is 0 Å². The Kier molecular flexibility index (Phi) is 10.4. The topological polar surface area (TPSA) is 102 Å². The predicted molar refractivity (Wildman–Crippen MR) is 166 cm³/mol. The SMILES string of the molecule is COc1cc(NC(C(=O)N2CCc3ccc(OC(F)(F)F)cc32)c2ccc(Cl)cc2OC)cc(/C(C)=N/OCCC(C)(C)O)c1. The number of anilines is 2. The molecule has 1 aliphatic rings. The molecule has 1 amide bonds. The monoisotopic (exact) mass is 649 g/mol. The molecule has 0 saturated heterocycles. The van der Waals surface area contributed by atoms with Gasteiger partial charge in [-0.2, -0.15) is 0 Å². The van der Waals surface area contributed by atoms with E-state index in [1.54, 1.807) is 57.2 Å². The lowest BCUT2D eigenvalue weighted by Crippen LogP contribution is -2.37. The molecule has 242 valence electrons. The highest BCUT2D eigenvalue weighted by molar-refractivity contribution is 6.30. The number of amides is 1. The van der Waals surface area contributed by atoms with Gasteiger partial charge >= 0.3 is 6.36 Å². The van der Waals surface area contributed by atoms with Crippen molar-refractivity contribution in [3.63, 3.8) is 0 Å². The number of aliphatic hydroxyl groups is 1. The molecule has 1 unspecified atom stereocenters. The van der Waals surface area contributed by atoms with Crippen molar-refractivity contribution in [2.24, 2.45) is 5.16 Å². The summed E-state index contributed by atoms with van der Waals surface area (Å²) in [6.07, 6.45) is -4.05. The highest BCUT2D eigenvalue weighted by Gasteiger charge is 2.35. The number of nitrogens with zero attached hydrogens (tertiary/aromatic N) is 2. The summed E-state index contributed by atoms with van der Waals surface area (Å²) in [5.74, 6) is -0.0616. The predicted octanol–water partition coefficient (Wildman–Crippen LogP) is 6.90. The maximum Gasteiger partial charge on any atom is 0.573 e. The molecule has 0 aliphatic carbocycles. The number of rotatable bonds is 12. The van der Waals surface area contributed by atoms with Crippen molar-refractivity contribution in [2.75, 3.05) is 37.6 Å². The Bertz CT molecular complexity index is 1560. The van der Waals surface area contributed by atoms with E-state index in [1.165, 1.54) is 37.3 Å². The van der Waals surface area contributed by atoms with E-state index in [-0.39, 0.29) is 13.2 Å². The first-order chi connectivity index (χ1) is 21.2. The van der Waals surface area contributed by atoms with Gasteiger partial charge in [-0.3, -0.25) is 4.79 Å². The average Bonchev–Trinajstić information content (AvgIpc) is 3.39. The summed E-state index contributed by atoms with van der Waals surface area (Å²) in [5.41, 5.74) is 2.22. The molecule has 3 aromatic carbocycles. The van der Waals surface area contributed by atoms with Crippen LogP contribution in [0.4, 0.5) is 24.5 Å². The number of ether oxygens (including phenoxy) is 3. The summed E-state index contributed by atoms with van der Waals surface area (Å²) in [7, 11) is 2.95. The van der Waals surface area contributed by atoms with Crippen LogP contribution in [0.1, 0.15) is 49.9 Å². The minimum atomic E-state index is -4.88. The van der Waals surface area contributed by atoms with Gasteiger partial charge in [0.05, 0.1) is 31.2 Å². The van der Waals surface area contributed by atoms with E-state index in [2.05, 4.69) is 15.2 Å². The van der Waals surface area contributed by atoms with E-state index in [9.17, 15) is 23.1 Å². The van der Waals surface area contributed by atoms with E-state index in [4.69, 9.17) is 25.9 Å². The second-order valence-electron chi connectivity index (χ2n) is 11.1. The quantitative estimate of drug-likeness (QED) is 0.125.